The maximum atomic E-state index is 12.1. The van der Waals surface area contributed by atoms with Gasteiger partial charge in [-0.2, -0.15) is 0 Å². The summed E-state index contributed by atoms with van der Waals surface area (Å²) in [7, 11) is 0. The maximum Gasteiger partial charge on any atom is 0.253 e. The van der Waals surface area contributed by atoms with Crippen molar-refractivity contribution in [1.29, 1.82) is 0 Å². The maximum absolute atomic E-state index is 12.1. The Labute approximate surface area is 115 Å². The lowest BCUT2D eigenvalue weighted by Gasteiger charge is -2.11. The van der Waals surface area contributed by atoms with Gasteiger partial charge in [0, 0.05) is 6.20 Å². The molecule has 0 saturated heterocycles. The number of rotatable bonds is 3. The molecule has 1 atom stereocenters. The van der Waals surface area contributed by atoms with Crippen LogP contribution in [0.3, 0.4) is 0 Å². The van der Waals surface area contributed by atoms with Crippen LogP contribution in [-0.4, -0.2) is 15.9 Å². The lowest BCUT2D eigenvalue weighted by Crippen LogP contribution is -2.27. The van der Waals surface area contributed by atoms with Gasteiger partial charge in [0.2, 0.25) is 5.89 Å². The Bertz CT molecular complexity index is 612. The molecule has 0 aromatic carbocycles. The van der Waals surface area contributed by atoms with Gasteiger partial charge in [-0.3, -0.25) is 4.79 Å². The Morgan fingerprint density at radius 1 is 1.47 bits per heavy atom. The fourth-order valence-electron chi connectivity index (χ4n) is 1.54. The minimum atomic E-state index is -0.369. The van der Waals surface area contributed by atoms with Crippen LogP contribution in [0.4, 0.5) is 5.82 Å². The van der Waals surface area contributed by atoms with Crippen molar-refractivity contribution in [3.05, 3.63) is 40.7 Å². The fraction of sp³-hybridized carbons (Fsp3) is 0.250. The molecule has 0 aliphatic rings. The molecule has 0 spiro atoms. The molecule has 0 saturated carbocycles. The Morgan fingerprint density at radius 2 is 2.21 bits per heavy atom. The summed E-state index contributed by atoms with van der Waals surface area (Å²) in [6.45, 7) is 3.55. The summed E-state index contributed by atoms with van der Waals surface area (Å²) < 4.78 is 5.34. The number of amides is 1. The monoisotopic (exact) mass is 280 g/mol. The summed E-state index contributed by atoms with van der Waals surface area (Å²) in [6, 6.07) is 1.05. The number of aryl methyl sites for hydroxylation is 1. The second kappa shape index (κ2) is 5.27. The molecule has 2 heterocycles. The van der Waals surface area contributed by atoms with Gasteiger partial charge in [0.15, 0.2) is 0 Å². The normalized spacial score (nSPS) is 12.2. The minimum absolute atomic E-state index is 0.231. The predicted molar refractivity (Wildman–Crippen MR) is 70.8 cm³/mol. The van der Waals surface area contributed by atoms with Gasteiger partial charge < -0.3 is 15.5 Å². The molecule has 2 aromatic heterocycles. The van der Waals surface area contributed by atoms with E-state index in [1.54, 1.807) is 20.0 Å². The number of hydrogen-bond donors (Lipinski definition) is 2. The Kier molecular flexibility index (Phi) is 3.71. The Morgan fingerprint density at radius 3 is 2.84 bits per heavy atom. The molecule has 2 rings (SSSR count). The van der Waals surface area contributed by atoms with Crippen LogP contribution in [0, 0.1) is 6.92 Å². The number of nitrogens with two attached hydrogens (primary N) is 1. The van der Waals surface area contributed by atoms with Crippen molar-refractivity contribution in [3.8, 4) is 0 Å². The largest absolute Gasteiger partial charge is 0.444 e. The zero-order chi connectivity index (χ0) is 14.0. The Hall–Kier alpha value is -2.08. The highest BCUT2D eigenvalue weighted by atomic mass is 35.5. The number of aromatic nitrogens is 2. The van der Waals surface area contributed by atoms with Gasteiger partial charge in [-0.15, -0.1) is 0 Å². The number of anilines is 1. The summed E-state index contributed by atoms with van der Waals surface area (Å²) in [5.74, 6) is 0.989. The van der Waals surface area contributed by atoms with Gasteiger partial charge in [-0.05, 0) is 19.9 Å². The van der Waals surface area contributed by atoms with Crippen molar-refractivity contribution < 1.29 is 9.21 Å². The van der Waals surface area contributed by atoms with Crippen LogP contribution in [0.15, 0.2) is 22.9 Å². The highest BCUT2D eigenvalue weighted by Gasteiger charge is 2.17. The number of pyridine rings is 1. The zero-order valence-electron chi connectivity index (χ0n) is 10.5. The number of oxazole rings is 1. The van der Waals surface area contributed by atoms with Crippen molar-refractivity contribution in [3.63, 3.8) is 0 Å². The number of nitrogens with one attached hydrogen (secondary N) is 1. The summed E-state index contributed by atoms with van der Waals surface area (Å²) in [5, 5.41) is 2.97. The lowest BCUT2D eigenvalue weighted by atomic mass is 10.2. The smallest absolute Gasteiger partial charge is 0.253 e. The van der Waals surface area contributed by atoms with Crippen LogP contribution in [0.5, 0.6) is 0 Å². The number of nitrogens with zero attached hydrogens (tertiary/aromatic N) is 2. The molecule has 3 N–H and O–H groups in total. The van der Waals surface area contributed by atoms with Crippen LogP contribution in [0.1, 0.15) is 35.0 Å². The standard InChI is InChI=1S/C12H13ClN4O2/c1-6-4-16-12(19-6)7(2)17-11(18)8-3-10(14)15-5-9(8)13/h3-5,7H,1-2H3,(H2,14,15)(H,17,18). The van der Waals surface area contributed by atoms with Crippen molar-refractivity contribution in [2.75, 3.05) is 5.73 Å². The molecule has 1 unspecified atom stereocenters. The average molecular weight is 281 g/mol. The predicted octanol–water partition coefficient (Wildman–Crippen LogP) is 2.10. The number of carbonyl (C=O) groups is 1. The fourth-order valence-corrected chi connectivity index (χ4v) is 1.73. The van der Waals surface area contributed by atoms with Gasteiger partial charge >= 0.3 is 0 Å². The molecule has 19 heavy (non-hydrogen) atoms. The molecule has 100 valence electrons. The van der Waals surface area contributed by atoms with E-state index in [1.165, 1.54) is 12.3 Å². The van der Waals surface area contributed by atoms with Crippen LogP contribution in [0.25, 0.3) is 0 Å². The second-order valence-corrected chi connectivity index (χ2v) is 4.50. The average Bonchev–Trinajstić information content (AvgIpc) is 2.79. The molecule has 0 aliphatic carbocycles. The molecule has 2 aromatic rings. The van der Waals surface area contributed by atoms with E-state index in [4.69, 9.17) is 21.8 Å². The van der Waals surface area contributed by atoms with Crippen LogP contribution >= 0.6 is 11.6 Å². The number of nitrogen functional groups attached to an aromatic ring is 1. The van der Waals surface area contributed by atoms with Crippen molar-refractivity contribution in [1.82, 2.24) is 15.3 Å². The van der Waals surface area contributed by atoms with E-state index in [2.05, 4.69) is 15.3 Å². The summed E-state index contributed by atoms with van der Waals surface area (Å²) in [4.78, 5) is 19.9. The van der Waals surface area contributed by atoms with E-state index in [9.17, 15) is 4.79 Å². The van der Waals surface area contributed by atoms with Crippen molar-refractivity contribution in [2.45, 2.75) is 19.9 Å². The third-order valence-electron chi connectivity index (χ3n) is 2.48. The summed E-state index contributed by atoms with van der Waals surface area (Å²) in [5.41, 5.74) is 5.80. The number of halogens is 1. The summed E-state index contributed by atoms with van der Waals surface area (Å²) in [6.07, 6.45) is 2.93. The molecule has 0 radical (unpaired) electrons. The van der Waals surface area contributed by atoms with Gasteiger partial charge in [0.25, 0.3) is 5.91 Å². The van der Waals surface area contributed by atoms with Gasteiger partial charge in [0.05, 0.1) is 16.8 Å². The van der Waals surface area contributed by atoms with E-state index < -0.39 is 0 Å². The van der Waals surface area contributed by atoms with E-state index in [0.717, 1.165) is 0 Å². The first-order chi connectivity index (χ1) is 8.97. The number of hydrogen-bond acceptors (Lipinski definition) is 5. The van der Waals surface area contributed by atoms with Crippen LogP contribution in [-0.2, 0) is 0 Å². The molecule has 6 nitrogen and oxygen atoms in total. The molecular weight excluding hydrogens is 268 g/mol. The Balaban J connectivity index is 2.15. The highest BCUT2D eigenvalue weighted by molar-refractivity contribution is 6.33. The topological polar surface area (TPSA) is 94.0 Å². The number of carbonyl (C=O) groups excluding carboxylic acids is 1. The van der Waals surface area contributed by atoms with Gasteiger partial charge in [0.1, 0.15) is 17.6 Å². The highest BCUT2D eigenvalue weighted by Crippen LogP contribution is 2.18. The van der Waals surface area contributed by atoms with E-state index in [0.29, 0.717) is 11.7 Å². The third-order valence-corrected chi connectivity index (χ3v) is 2.78. The van der Waals surface area contributed by atoms with E-state index >= 15 is 0 Å². The second-order valence-electron chi connectivity index (χ2n) is 4.09. The van der Waals surface area contributed by atoms with Crippen LogP contribution in [0.2, 0.25) is 5.02 Å². The quantitative estimate of drug-likeness (QED) is 0.898. The molecular formula is C12H13ClN4O2. The van der Waals surface area contributed by atoms with Crippen LogP contribution < -0.4 is 11.1 Å². The molecule has 0 fully saturated rings. The minimum Gasteiger partial charge on any atom is -0.444 e. The molecule has 0 aliphatic heterocycles. The molecule has 7 heteroatoms. The van der Waals surface area contributed by atoms with Crippen molar-refractivity contribution in [2.24, 2.45) is 0 Å². The first kappa shape index (κ1) is 13.4. The van der Waals surface area contributed by atoms with Gasteiger partial charge in [-0.1, -0.05) is 11.6 Å². The zero-order valence-corrected chi connectivity index (χ0v) is 11.2. The van der Waals surface area contributed by atoms with E-state index in [1.807, 2.05) is 0 Å². The first-order valence-electron chi connectivity index (χ1n) is 5.61. The first-order valence-corrected chi connectivity index (χ1v) is 5.99. The van der Waals surface area contributed by atoms with Gasteiger partial charge in [-0.25, -0.2) is 9.97 Å². The third kappa shape index (κ3) is 3.03. The molecule has 1 amide bonds. The summed E-state index contributed by atoms with van der Waals surface area (Å²) >= 11 is 5.91. The SMILES string of the molecule is Cc1cnc(C(C)NC(=O)c2cc(N)ncc2Cl)o1. The lowest BCUT2D eigenvalue weighted by molar-refractivity contribution is 0.0934. The molecule has 0 bridgehead atoms. The van der Waals surface area contributed by atoms with E-state index in [-0.39, 0.29) is 28.4 Å². The van der Waals surface area contributed by atoms with Crippen molar-refractivity contribution >= 4 is 23.3 Å².